The van der Waals surface area contributed by atoms with Crippen LogP contribution in [0, 0.1) is 34.5 Å². The van der Waals surface area contributed by atoms with Crippen LogP contribution in [0.1, 0.15) is 41.5 Å². The fraction of sp³-hybridized carbons (Fsp3) is 1.00. The van der Waals surface area contributed by atoms with Crippen molar-refractivity contribution in [3.05, 3.63) is 0 Å². The molecule has 0 aromatic rings. The molecular formula is C18H34N2. The van der Waals surface area contributed by atoms with Crippen LogP contribution in [0.5, 0.6) is 0 Å². The van der Waals surface area contributed by atoms with E-state index in [9.17, 15) is 0 Å². The van der Waals surface area contributed by atoms with E-state index in [1.54, 1.807) is 0 Å². The van der Waals surface area contributed by atoms with Gasteiger partial charge in [-0.25, -0.2) is 0 Å². The van der Waals surface area contributed by atoms with Gasteiger partial charge in [-0.15, -0.1) is 0 Å². The maximum Gasteiger partial charge on any atom is 0.00303 e. The van der Waals surface area contributed by atoms with E-state index in [1.165, 1.54) is 39.3 Å². The molecule has 0 bridgehead atoms. The number of fused-ring (bicyclic) bond motifs is 4. The highest BCUT2D eigenvalue weighted by molar-refractivity contribution is 5.08. The Kier molecular flexibility index (Phi) is 3.49. The molecule has 3 rings (SSSR count). The Bertz CT molecular complexity index is 299. The minimum absolute atomic E-state index is 0.456. The normalized spacial score (nSPS) is 38.7. The summed E-state index contributed by atoms with van der Waals surface area (Å²) in [6.07, 6.45) is 0. The summed E-state index contributed by atoms with van der Waals surface area (Å²) in [5, 5.41) is 0. The molecule has 1 saturated carbocycles. The molecule has 1 aliphatic carbocycles. The number of hydrogen-bond donors (Lipinski definition) is 0. The van der Waals surface area contributed by atoms with Crippen LogP contribution in [0.25, 0.3) is 0 Å². The predicted octanol–water partition coefficient (Wildman–Crippen LogP) is 3.19. The van der Waals surface area contributed by atoms with Gasteiger partial charge in [0.1, 0.15) is 0 Å². The SMILES string of the molecule is CC(C)(C)CN1CC2C(C1)C1CN(CC(C)(C)C)CC21. The quantitative estimate of drug-likeness (QED) is 0.765. The third-order valence-corrected chi connectivity index (χ3v) is 5.47. The number of likely N-dealkylation sites (tertiary alicyclic amines) is 2. The maximum absolute atomic E-state index is 2.75. The Balaban J connectivity index is 1.54. The van der Waals surface area contributed by atoms with Crippen LogP contribution in [0.15, 0.2) is 0 Å². The van der Waals surface area contributed by atoms with Crippen LogP contribution in [-0.2, 0) is 0 Å². The van der Waals surface area contributed by atoms with Gasteiger partial charge in [-0.2, -0.15) is 0 Å². The standard InChI is InChI=1S/C18H34N2/c1-17(2,3)11-19-7-13-14(8-19)16-10-20(9-15(13)16)12-18(4,5)6/h13-16H,7-12H2,1-6H3. The topological polar surface area (TPSA) is 6.48 Å². The van der Waals surface area contributed by atoms with E-state index in [-0.39, 0.29) is 0 Å². The molecule has 0 amide bonds. The highest BCUT2D eigenvalue weighted by atomic mass is 15.2. The molecule has 2 heteroatoms. The molecule has 20 heavy (non-hydrogen) atoms. The van der Waals surface area contributed by atoms with E-state index in [0.717, 1.165) is 23.7 Å². The van der Waals surface area contributed by atoms with E-state index in [0.29, 0.717) is 10.8 Å². The van der Waals surface area contributed by atoms with Crippen molar-refractivity contribution in [3.63, 3.8) is 0 Å². The molecule has 2 aliphatic heterocycles. The van der Waals surface area contributed by atoms with E-state index >= 15 is 0 Å². The first-order valence-corrected chi connectivity index (χ1v) is 8.57. The molecule has 0 spiro atoms. The summed E-state index contributed by atoms with van der Waals surface area (Å²) < 4.78 is 0. The van der Waals surface area contributed by atoms with E-state index in [4.69, 9.17) is 0 Å². The molecular weight excluding hydrogens is 244 g/mol. The van der Waals surface area contributed by atoms with Crippen molar-refractivity contribution < 1.29 is 0 Å². The van der Waals surface area contributed by atoms with Crippen molar-refractivity contribution in [1.82, 2.24) is 9.80 Å². The summed E-state index contributed by atoms with van der Waals surface area (Å²) in [6, 6.07) is 0. The highest BCUT2D eigenvalue weighted by Crippen LogP contribution is 2.54. The zero-order valence-corrected chi connectivity index (χ0v) is 14.4. The molecule has 0 unspecified atom stereocenters. The lowest BCUT2D eigenvalue weighted by Gasteiger charge is -2.43. The second-order valence-electron chi connectivity index (χ2n) is 10.2. The summed E-state index contributed by atoms with van der Waals surface area (Å²) in [5.41, 5.74) is 0.911. The smallest absolute Gasteiger partial charge is 0.00303 e. The van der Waals surface area contributed by atoms with Gasteiger partial charge in [-0.1, -0.05) is 41.5 Å². The lowest BCUT2D eigenvalue weighted by atomic mass is 9.60. The van der Waals surface area contributed by atoms with Gasteiger partial charge in [0.05, 0.1) is 0 Å². The Labute approximate surface area is 125 Å². The van der Waals surface area contributed by atoms with Gasteiger partial charge in [0.2, 0.25) is 0 Å². The van der Waals surface area contributed by atoms with E-state index < -0.39 is 0 Å². The second-order valence-corrected chi connectivity index (χ2v) is 10.2. The minimum atomic E-state index is 0.456. The van der Waals surface area contributed by atoms with Crippen molar-refractivity contribution in [1.29, 1.82) is 0 Å². The van der Waals surface area contributed by atoms with Gasteiger partial charge in [0, 0.05) is 39.3 Å². The van der Waals surface area contributed by atoms with Crippen LogP contribution in [0.3, 0.4) is 0 Å². The highest BCUT2D eigenvalue weighted by Gasteiger charge is 2.57. The predicted molar refractivity (Wildman–Crippen MR) is 85.8 cm³/mol. The van der Waals surface area contributed by atoms with Gasteiger partial charge in [0.25, 0.3) is 0 Å². The molecule has 0 N–H and O–H groups in total. The van der Waals surface area contributed by atoms with Crippen LogP contribution in [0.4, 0.5) is 0 Å². The van der Waals surface area contributed by atoms with Gasteiger partial charge in [-0.05, 0) is 34.5 Å². The monoisotopic (exact) mass is 278 g/mol. The Morgan fingerprint density at radius 3 is 1.05 bits per heavy atom. The second kappa shape index (κ2) is 4.71. The zero-order chi connectivity index (χ0) is 14.7. The fourth-order valence-electron chi connectivity index (χ4n) is 5.15. The number of nitrogens with zero attached hydrogens (tertiary/aromatic N) is 2. The zero-order valence-electron chi connectivity index (χ0n) is 14.4. The maximum atomic E-state index is 2.75. The van der Waals surface area contributed by atoms with Crippen LogP contribution in [-0.4, -0.2) is 49.1 Å². The lowest BCUT2D eigenvalue weighted by Crippen LogP contribution is -2.44. The minimum Gasteiger partial charge on any atom is -0.302 e. The molecule has 0 aromatic heterocycles. The average molecular weight is 278 g/mol. The number of rotatable bonds is 2. The first-order chi connectivity index (χ1) is 9.12. The lowest BCUT2D eigenvalue weighted by molar-refractivity contribution is 0.0629. The van der Waals surface area contributed by atoms with E-state index in [2.05, 4.69) is 51.3 Å². The first-order valence-electron chi connectivity index (χ1n) is 8.57. The summed E-state index contributed by atoms with van der Waals surface area (Å²) >= 11 is 0. The summed E-state index contributed by atoms with van der Waals surface area (Å²) in [5.74, 6) is 4.08. The van der Waals surface area contributed by atoms with Crippen molar-refractivity contribution >= 4 is 0 Å². The summed E-state index contributed by atoms with van der Waals surface area (Å²) in [4.78, 5) is 5.50. The van der Waals surface area contributed by atoms with Gasteiger partial charge >= 0.3 is 0 Å². The van der Waals surface area contributed by atoms with Crippen LogP contribution in [0.2, 0.25) is 0 Å². The third-order valence-electron chi connectivity index (χ3n) is 5.47. The van der Waals surface area contributed by atoms with E-state index in [1.807, 2.05) is 0 Å². The van der Waals surface area contributed by atoms with Crippen LogP contribution >= 0.6 is 0 Å². The van der Waals surface area contributed by atoms with Crippen molar-refractivity contribution in [2.75, 3.05) is 39.3 Å². The molecule has 0 radical (unpaired) electrons. The van der Waals surface area contributed by atoms with Gasteiger partial charge in [-0.3, -0.25) is 0 Å². The Morgan fingerprint density at radius 2 is 0.850 bits per heavy atom. The van der Waals surface area contributed by atoms with Gasteiger partial charge in [0.15, 0.2) is 0 Å². The van der Waals surface area contributed by atoms with Crippen molar-refractivity contribution in [2.24, 2.45) is 34.5 Å². The Morgan fingerprint density at radius 1 is 0.600 bits per heavy atom. The van der Waals surface area contributed by atoms with Crippen molar-refractivity contribution in [3.8, 4) is 0 Å². The molecule has 3 aliphatic rings. The van der Waals surface area contributed by atoms with Gasteiger partial charge < -0.3 is 9.80 Å². The molecule has 2 saturated heterocycles. The third kappa shape index (κ3) is 2.92. The summed E-state index contributed by atoms with van der Waals surface area (Å²) in [6.45, 7) is 22.3. The average Bonchev–Trinajstić information content (AvgIpc) is 2.73. The Hall–Kier alpha value is -0.0800. The fourth-order valence-corrected chi connectivity index (χ4v) is 5.15. The molecule has 0 atom stereocenters. The molecule has 2 heterocycles. The van der Waals surface area contributed by atoms with Crippen LogP contribution < -0.4 is 0 Å². The molecule has 3 fully saturated rings. The largest absolute Gasteiger partial charge is 0.302 e. The van der Waals surface area contributed by atoms with Crippen molar-refractivity contribution in [2.45, 2.75) is 41.5 Å². The summed E-state index contributed by atoms with van der Waals surface area (Å²) in [7, 11) is 0. The molecule has 0 aromatic carbocycles. The molecule has 116 valence electrons. The number of hydrogen-bond acceptors (Lipinski definition) is 2. The molecule has 2 nitrogen and oxygen atoms in total. The first kappa shape index (κ1) is 14.8.